The van der Waals surface area contributed by atoms with Crippen molar-refractivity contribution >= 4 is 23.3 Å². The van der Waals surface area contributed by atoms with Gasteiger partial charge in [-0.05, 0) is 35.9 Å². The molecule has 0 bridgehead atoms. The lowest BCUT2D eigenvalue weighted by Crippen LogP contribution is -2.28. The molecule has 0 aliphatic carbocycles. The molecule has 142 valence electrons. The van der Waals surface area contributed by atoms with Gasteiger partial charge >= 0.3 is 6.03 Å². The van der Waals surface area contributed by atoms with Crippen molar-refractivity contribution in [1.82, 2.24) is 10.3 Å². The molecular weight excluding hydrogens is 359 g/mol. The summed E-state index contributed by atoms with van der Waals surface area (Å²) in [6.45, 7) is 0.258. The smallest absolute Gasteiger partial charge is 0.319 e. The fourth-order valence-corrected chi connectivity index (χ4v) is 2.52. The van der Waals surface area contributed by atoms with E-state index in [4.69, 9.17) is 0 Å². The van der Waals surface area contributed by atoms with Crippen LogP contribution in [-0.2, 0) is 17.8 Å². The first-order valence-electron chi connectivity index (χ1n) is 8.68. The van der Waals surface area contributed by atoms with Gasteiger partial charge in [0.15, 0.2) is 0 Å². The molecule has 0 saturated heterocycles. The zero-order valence-corrected chi connectivity index (χ0v) is 15.0. The fourth-order valence-electron chi connectivity index (χ4n) is 2.52. The molecule has 0 aliphatic heterocycles. The Bertz CT molecular complexity index is 949. The van der Waals surface area contributed by atoms with E-state index in [1.165, 1.54) is 18.2 Å². The Hall–Kier alpha value is -3.74. The number of amides is 3. The normalized spacial score (nSPS) is 10.2. The maximum atomic E-state index is 14.0. The molecule has 28 heavy (non-hydrogen) atoms. The number of nitrogens with one attached hydrogen (secondary N) is 3. The van der Waals surface area contributed by atoms with E-state index in [2.05, 4.69) is 20.9 Å². The Labute approximate surface area is 161 Å². The van der Waals surface area contributed by atoms with E-state index in [1.54, 1.807) is 18.3 Å². The van der Waals surface area contributed by atoms with Gasteiger partial charge in [-0.25, -0.2) is 9.18 Å². The number of nitrogens with zero attached hydrogens (tertiary/aromatic N) is 1. The van der Waals surface area contributed by atoms with Crippen LogP contribution in [0.1, 0.15) is 11.3 Å². The van der Waals surface area contributed by atoms with Gasteiger partial charge in [0, 0.05) is 11.9 Å². The highest BCUT2D eigenvalue weighted by Gasteiger charge is 2.10. The van der Waals surface area contributed by atoms with Crippen molar-refractivity contribution in [2.75, 3.05) is 10.6 Å². The van der Waals surface area contributed by atoms with Crippen LogP contribution in [0.25, 0.3) is 0 Å². The molecule has 1 aromatic heterocycles. The highest BCUT2D eigenvalue weighted by atomic mass is 19.1. The molecule has 0 atom stereocenters. The molecule has 0 saturated carbocycles. The summed E-state index contributed by atoms with van der Waals surface area (Å²) in [5, 5.41) is 7.80. The monoisotopic (exact) mass is 378 g/mol. The number of carbonyl (C=O) groups is 2. The van der Waals surface area contributed by atoms with Crippen LogP contribution in [0.15, 0.2) is 72.9 Å². The molecule has 7 heteroatoms. The maximum absolute atomic E-state index is 14.0. The molecule has 3 amide bonds. The number of benzene rings is 2. The van der Waals surface area contributed by atoms with Gasteiger partial charge in [-0.3, -0.25) is 9.78 Å². The molecule has 0 unspecified atom stereocenters. The van der Waals surface area contributed by atoms with Crippen molar-refractivity contribution in [2.45, 2.75) is 13.0 Å². The third-order valence-corrected chi connectivity index (χ3v) is 3.86. The van der Waals surface area contributed by atoms with Crippen LogP contribution in [0.4, 0.5) is 20.6 Å². The lowest BCUT2D eigenvalue weighted by molar-refractivity contribution is -0.115. The van der Waals surface area contributed by atoms with E-state index >= 15 is 0 Å². The Kier molecular flexibility index (Phi) is 6.30. The minimum absolute atomic E-state index is 0.00320. The quantitative estimate of drug-likeness (QED) is 0.611. The summed E-state index contributed by atoms with van der Waals surface area (Å²) < 4.78 is 14.0. The number of hydrogen-bond donors (Lipinski definition) is 3. The van der Waals surface area contributed by atoms with Gasteiger partial charge in [0.1, 0.15) is 5.82 Å². The minimum Gasteiger partial charge on any atom is -0.332 e. The van der Waals surface area contributed by atoms with Crippen LogP contribution in [0.3, 0.4) is 0 Å². The second-order valence-electron chi connectivity index (χ2n) is 6.03. The van der Waals surface area contributed by atoms with Crippen molar-refractivity contribution in [3.63, 3.8) is 0 Å². The molecular formula is C21H19FN4O2. The number of carbonyl (C=O) groups excluding carboxylic acids is 2. The van der Waals surface area contributed by atoms with Crippen LogP contribution in [-0.4, -0.2) is 16.9 Å². The zero-order valence-electron chi connectivity index (χ0n) is 15.0. The number of hydrogen-bond acceptors (Lipinski definition) is 3. The Balaban J connectivity index is 1.57. The standard InChI is InChI=1S/C21H19FN4O2/c22-18-10-9-16(25-21(28)24-14-17-8-4-5-11-23-17)13-19(18)26-20(27)12-15-6-2-1-3-7-15/h1-11,13H,12,14H2,(H,26,27)(H2,24,25,28). The molecule has 3 rings (SSSR count). The predicted octanol–water partition coefficient (Wildman–Crippen LogP) is 3.72. The summed E-state index contributed by atoms with van der Waals surface area (Å²) in [5.41, 5.74) is 1.90. The fraction of sp³-hybridized carbons (Fsp3) is 0.0952. The number of aromatic nitrogens is 1. The largest absolute Gasteiger partial charge is 0.332 e. The van der Waals surface area contributed by atoms with E-state index in [9.17, 15) is 14.0 Å². The van der Waals surface area contributed by atoms with Gasteiger partial charge in [-0.15, -0.1) is 0 Å². The van der Waals surface area contributed by atoms with Crippen molar-refractivity contribution in [3.05, 3.63) is 90.0 Å². The molecule has 0 fully saturated rings. The van der Waals surface area contributed by atoms with E-state index in [1.807, 2.05) is 36.4 Å². The maximum Gasteiger partial charge on any atom is 0.319 e. The molecule has 0 aliphatic rings. The van der Waals surface area contributed by atoms with Crippen molar-refractivity contribution in [1.29, 1.82) is 0 Å². The summed E-state index contributed by atoms with van der Waals surface area (Å²) in [6.07, 6.45) is 1.77. The molecule has 3 aromatic rings. The first-order valence-corrected chi connectivity index (χ1v) is 8.68. The van der Waals surface area contributed by atoms with Gasteiger partial charge in [-0.2, -0.15) is 0 Å². The third kappa shape index (κ3) is 5.63. The van der Waals surface area contributed by atoms with Gasteiger partial charge in [0.25, 0.3) is 0 Å². The van der Waals surface area contributed by atoms with Gasteiger partial charge < -0.3 is 16.0 Å². The molecule has 6 nitrogen and oxygen atoms in total. The van der Waals surface area contributed by atoms with Gasteiger partial charge in [0.2, 0.25) is 5.91 Å². The SMILES string of the molecule is O=C(Cc1ccccc1)Nc1cc(NC(=O)NCc2ccccn2)ccc1F. The van der Waals surface area contributed by atoms with Crippen molar-refractivity contribution in [3.8, 4) is 0 Å². The average Bonchev–Trinajstić information content (AvgIpc) is 2.70. The summed E-state index contributed by atoms with van der Waals surface area (Å²) in [4.78, 5) is 28.3. The van der Waals surface area contributed by atoms with Crippen LogP contribution < -0.4 is 16.0 Å². The number of rotatable bonds is 6. The lowest BCUT2D eigenvalue weighted by Gasteiger charge is -2.11. The van der Waals surface area contributed by atoms with Crippen LogP contribution in [0.2, 0.25) is 0 Å². The summed E-state index contributed by atoms with van der Waals surface area (Å²) in [5.74, 6) is -0.928. The Morgan fingerprint density at radius 1 is 0.929 bits per heavy atom. The van der Waals surface area contributed by atoms with Gasteiger partial charge in [0.05, 0.1) is 24.3 Å². The predicted molar refractivity (Wildman–Crippen MR) is 105 cm³/mol. The van der Waals surface area contributed by atoms with E-state index in [0.717, 1.165) is 5.56 Å². The highest BCUT2D eigenvalue weighted by molar-refractivity contribution is 5.94. The van der Waals surface area contributed by atoms with Crippen LogP contribution in [0, 0.1) is 5.82 Å². The number of anilines is 2. The minimum atomic E-state index is -0.583. The first kappa shape index (κ1) is 19.0. The van der Waals surface area contributed by atoms with E-state index < -0.39 is 11.8 Å². The van der Waals surface area contributed by atoms with E-state index in [-0.39, 0.29) is 24.6 Å². The summed E-state index contributed by atoms with van der Waals surface area (Å²) >= 11 is 0. The second kappa shape index (κ2) is 9.27. The van der Waals surface area contributed by atoms with E-state index in [0.29, 0.717) is 11.4 Å². The highest BCUT2D eigenvalue weighted by Crippen LogP contribution is 2.20. The third-order valence-electron chi connectivity index (χ3n) is 3.86. The van der Waals surface area contributed by atoms with Crippen molar-refractivity contribution in [2.24, 2.45) is 0 Å². The lowest BCUT2D eigenvalue weighted by atomic mass is 10.1. The molecule has 0 radical (unpaired) electrons. The summed E-state index contributed by atoms with van der Waals surface area (Å²) in [6, 6.07) is 18.1. The van der Waals surface area contributed by atoms with Crippen molar-refractivity contribution < 1.29 is 14.0 Å². The number of pyridine rings is 1. The molecule has 1 heterocycles. The number of halogens is 1. The molecule has 0 spiro atoms. The van der Waals surface area contributed by atoms with Crippen LogP contribution in [0.5, 0.6) is 0 Å². The Morgan fingerprint density at radius 3 is 2.46 bits per heavy atom. The first-order chi connectivity index (χ1) is 13.6. The molecule has 3 N–H and O–H groups in total. The number of urea groups is 1. The average molecular weight is 378 g/mol. The molecule has 2 aromatic carbocycles. The second-order valence-corrected chi connectivity index (χ2v) is 6.03. The topological polar surface area (TPSA) is 83.1 Å². The Morgan fingerprint density at radius 2 is 1.71 bits per heavy atom. The summed E-state index contributed by atoms with van der Waals surface area (Å²) in [7, 11) is 0. The zero-order chi connectivity index (χ0) is 19.8. The van der Waals surface area contributed by atoms with Gasteiger partial charge in [-0.1, -0.05) is 36.4 Å². The van der Waals surface area contributed by atoms with Crippen LogP contribution >= 0.6 is 0 Å².